The van der Waals surface area contributed by atoms with Crippen LogP contribution in [0, 0.1) is 10.1 Å². The number of benzene rings is 1. The molecule has 0 saturated heterocycles. The van der Waals surface area contributed by atoms with E-state index in [1.165, 1.54) is 16.8 Å². The van der Waals surface area contributed by atoms with Gasteiger partial charge in [-0.15, -0.1) is 0 Å². The molecular weight excluding hydrogens is 364 g/mol. The highest BCUT2D eigenvalue weighted by molar-refractivity contribution is 9.10. The van der Waals surface area contributed by atoms with Crippen molar-refractivity contribution in [3.63, 3.8) is 0 Å². The second kappa shape index (κ2) is 6.19. The normalized spacial score (nSPS) is 10.4. The molecule has 0 spiro atoms. The molecule has 0 aliphatic rings. The smallest absolute Gasteiger partial charge is 0.333 e. The lowest BCUT2D eigenvalue weighted by Gasteiger charge is -2.06. The van der Waals surface area contributed by atoms with Crippen molar-refractivity contribution in [3.05, 3.63) is 72.1 Å². The molecule has 0 radical (unpaired) electrons. The Morgan fingerprint density at radius 1 is 1.38 bits per heavy atom. The van der Waals surface area contributed by atoms with Gasteiger partial charge in [0.05, 0.1) is 22.1 Å². The van der Waals surface area contributed by atoms with Crippen molar-refractivity contribution in [2.45, 2.75) is 6.54 Å². The third kappa shape index (κ3) is 3.56. The Kier molecular flexibility index (Phi) is 4.54. The minimum Gasteiger partial charge on any atom is -0.339 e. The second-order valence-corrected chi connectivity index (χ2v) is 5.47. The van der Waals surface area contributed by atoms with Crippen LogP contribution < -0.4 is 5.43 Å². The zero-order chi connectivity index (χ0) is 15.6. The van der Waals surface area contributed by atoms with Crippen molar-refractivity contribution in [3.8, 4) is 0 Å². The van der Waals surface area contributed by atoms with E-state index in [0.29, 0.717) is 10.6 Å². The van der Waals surface area contributed by atoms with Crippen LogP contribution in [0.25, 0.3) is 0 Å². The molecule has 1 aromatic carbocycles. The van der Waals surface area contributed by atoms with E-state index in [-0.39, 0.29) is 16.8 Å². The van der Waals surface area contributed by atoms with Gasteiger partial charge in [0, 0.05) is 16.8 Å². The first-order valence-electron chi connectivity index (χ1n) is 5.71. The van der Waals surface area contributed by atoms with Gasteiger partial charge in [-0.1, -0.05) is 23.7 Å². The summed E-state index contributed by atoms with van der Waals surface area (Å²) in [6.07, 6.45) is 2.37. The Hall–Kier alpha value is -1.99. The summed E-state index contributed by atoms with van der Waals surface area (Å²) < 4.78 is 1.31. The Bertz CT molecular complexity index is 788. The fourth-order valence-corrected chi connectivity index (χ4v) is 2.38. The topological polar surface area (TPSA) is 82.2 Å². The number of carbonyl (C=O) groups excluding carboxylic acids is 1. The van der Waals surface area contributed by atoms with Crippen LogP contribution in [0.3, 0.4) is 0 Å². The van der Waals surface area contributed by atoms with Crippen LogP contribution in [-0.2, 0) is 6.54 Å². The lowest BCUT2D eigenvalue weighted by molar-refractivity contribution is -0.386. The van der Waals surface area contributed by atoms with Gasteiger partial charge in [0.25, 0.3) is 5.43 Å². The minimum atomic E-state index is -0.784. The van der Waals surface area contributed by atoms with Crippen molar-refractivity contribution in [2.24, 2.45) is 0 Å². The molecule has 108 valence electrons. The SMILES string of the molecule is O=C(Cn1cc(Br)c(=O)c([N+](=O)[O-])c1)c1cccc(Cl)c1. The number of carbonyl (C=O) groups is 1. The Balaban J connectivity index is 2.34. The first-order valence-corrected chi connectivity index (χ1v) is 6.88. The molecule has 21 heavy (non-hydrogen) atoms. The van der Waals surface area contributed by atoms with Gasteiger partial charge >= 0.3 is 5.69 Å². The van der Waals surface area contributed by atoms with Gasteiger partial charge in [0.15, 0.2) is 5.78 Å². The Morgan fingerprint density at radius 3 is 2.71 bits per heavy atom. The van der Waals surface area contributed by atoms with E-state index in [2.05, 4.69) is 15.9 Å². The molecule has 1 aromatic heterocycles. The van der Waals surface area contributed by atoms with Gasteiger partial charge in [-0.2, -0.15) is 0 Å². The number of aromatic nitrogens is 1. The van der Waals surface area contributed by atoms with Crippen molar-refractivity contribution >= 4 is 39.0 Å². The summed E-state index contributed by atoms with van der Waals surface area (Å²) >= 11 is 8.76. The van der Waals surface area contributed by atoms with Crippen LogP contribution in [0.2, 0.25) is 5.02 Å². The monoisotopic (exact) mass is 370 g/mol. The van der Waals surface area contributed by atoms with Crippen LogP contribution in [0.1, 0.15) is 10.4 Å². The van der Waals surface area contributed by atoms with Crippen molar-refractivity contribution in [1.82, 2.24) is 4.57 Å². The zero-order valence-electron chi connectivity index (χ0n) is 10.5. The molecule has 2 aromatic rings. The number of pyridine rings is 1. The molecule has 0 saturated carbocycles. The number of ketones is 1. The molecule has 1 heterocycles. The number of hydrogen-bond donors (Lipinski definition) is 0. The molecule has 2 rings (SSSR count). The maximum absolute atomic E-state index is 12.1. The average Bonchev–Trinajstić information content (AvgIpc) is 2.42. The molecular formula is C13H8BrClN2O4. The first kappa shape index (κ1) is 15.4. The highest BCUT2D eigenvalue weighted by atomic mass is 79.9. The van der Waals surface area contributed by atoms with E-state index in [1.807, 2.05) is 0 Å². The fourth-order valence-electron chi connectivity index (χ4n) is 1.72. The number of nitrogens with zero attached hydrogens (tertiary/aromatic N) is 2. The Labute approximate surface area is 132 Å². The number of nitro groups is 1. The van der Waals surface area contributed by atoms with Crippen molar-refractivity contribution in [2.75, 3.05) is 0 Å². The van der Waals surface area contributed by atoms with Gasteiger partial charge in [-0.05, 0) is 28.1 Å². The summed E-state index contributed by atoms with van der Waals surface area (Å²) in [5.74, 6) is -0.276. The third-order valence-electron chi connectivity index (χ3n) is 2.69. The summed E-state index contributed by atoms with van der Waals surface area (Å²) in [4.78, 5) is 33.7. The maximum Gasteiger partial charge on any atom is 0.333 e. The molecule has 0 amide bonds. The summed E-state index contributed by atoms with van der Waals surface area (Å²) in [7, 11) is 0. The third-order valence-corrected chi connectivity index (χ3v) is 3.49. The number of halogens is 2. The number of hydrogen-bond acceptors (Lipinski definition) is 4. The molecule has 0 aliphatic heterocycles. The average molecular weight is 372 g/mol. The van der Waals surface area contributed by atoms with Crippen LogP contribution >= 0.6 is 27.5 Å². The van der Waals surface area contributed by atoms with E-state index in [0.717, 1.165) is 6.20 Å². The van der Waals surface area contributed by atoms with E-state index in [1.54, 1.807) is 18.2 Å². The molecule has 8 heteroatoms. The molecule has 0 unspecified atom stereocenters. The number of rotatable bonds is 4. The van der Waals surface area contributed by atoms with Crippen LogP contribution in [0.5, 0.6) is 0 Å². The molecule has 0 aliphatic carbocycles. The molecule has 6 nitrogen and oxygen atoms in total. The molecule has 0 N–H and O–H groups in total. The lowest BCUT2D eigenvalue weighted by atomic mass is 10.1. The van der Waals surface area contributed by atoms with E-state index < -0.39 is 16.0 Å². The van der Waals surface area contributed by atoms with Gasteiger partial charge in [0.2, 0.25) is 0 Å². The van der Waals surface area contributed by atoms with Gasteiger partial charge < -0.3 is 4.57 Å². The van der Waals surface area contributed by atoms with Crippen molar-refractivity contribution in [1.29, 1.82) is 0 Å². The van der Waals surface area contributed by atoms with Gasteiger partial charge in [-0.3, -0.25) is 19.7 Å². The van der Waals surface area contributed by atoms with Gasteiger partial charge in [0.1, 0.15) is 0 Å². The standard InChI is InChI=1S/C13H8BrClN2O4/c14-10-5-16(6-11(13(10)19)17(20)21)7-12(18)8-2-1-3-9(15)4-8/h1-6H,7H2. The van der Waals surface area contributed by atoms with E-state index in [9.17, 15) is 19.7 Å². The lowest BCUT2D eigenvalue weighted by Crippen LogP contribution is -2.16. The maximum atomic E-state index is 12.1. The second-order valence-electron chi connectivity index (χ2n) is 4.18. The fraction of sp³-hybridized carbons (Fsp3) is 0.0769. The number of Topliss-reactive ketones (excluding diaryl/α,β-unsaturated/α-hetero) is 1. The van der Waals surface area contributed by atoms with Crippen LogP contribution in [0.4, 0.5) is 5.69 Å². The zero-order valence-corrected chi connectivity index (χ0v) is 12.8. The predicted molar refractivity (Wildman–Crippen MR) is 80.8 cm³/mol. The molecule has 0 bridgehead atoms. The largest absolute Gasteiger partial charge is 0.339 e. The molecule has 0 fully saturated rings. The first-order chi connectivity index (χ1) is 9.88. The molecule has 0 atom stereocenters. The Morgan fingerprint density at radius 2 is 2.10 bits per heavy atom. The van der Waals surface area contributed by atoms with E-state index >= 15 is 0 Å². The highest BCUT2D eigenvalue weighted by Gasteiger charge is 2.17. The summed E-state index contributed by atoms with van der Waals surface area (Å²) in [6, 6.07) is 6.38. The van der Waals surface area contributed by atoms with E-state index in [4.69, 9.17) is 11.6 Å². The minimum absolute atomic E-state index is 0.0237. The summed E-state index contributed by atoms with van der Waals surface area (Å²) in [5.41, 5.74) is -0.935. The summed E-state index contributed by atoms with van der Waals surface area (Å²) in [5, 5.41) is 11.2. The highest BCUT2D eigenvalue weighted by Crippen LogP contribution is 2.14. The summed E-state index contributed by atoms with van der Waals surface area (Å²) in [6.45, 7) is -0.139. The van der Waals surface area contributed by atoms with Gasteiger partial charge in [-0.25, -0.2) is 0 Å². The van der Waals surface area contributed by atoms with Crippen LogP contribution in [0.15, 0.2) is 45.9 Å². The van der Waals surface area contributed by atoms with Crippen molar-refractivity contribution < 1.29 is 9.72 Å². The predicted octanol–water partition coefficient (Wildman–Crippen LogP) is 3.06. The quantitative estimate of drug-likeness (QED) is 0.470. The van der Waals surface area contributed by atoms with Crippen LogP contribution in [-0.4, -0.2) is 15.3 Å².